The van der Waals surface area contributed by atoms with Crippen LogP contribution in [0.15, 0.2) is 48.5 Å². The molecule has 0 atom stereocenters. The van der Waals surface area contributed by atoms with Crippen LogP contribution in [0.4, 0.5) is 0 Å². The van der Waals surface area contributed by atoms with Crippen LogP contribution in [0.25, 0.3) is 0 Å². The van der Waals surface area contributed by atoms with Crippen LogP contribution in [0.3, 0.4) is 0 Å². The Kier molecular flexibility index (Phi) is 5.47. The van der Waals surface area contributed by atoms with Crippen molar-refractivity contribution in [3.05, 3.63) is 77.7 Å². The molecule has 0 N–H and O–H groups in total. The first kappa shape index (κ1) is 16.2. The van der Waals surface area contributed by atoms with E-state index in [4.69, 9.17) is 0 Å². The fourth-order valence-electron chi connectivity index (χ4n) is 3.35. The molecule has 0 amide bonds. The lowest BCUT2D eigenvalue weighted by Gasteiger charge is -2.19. The Bertz CT molecular complexity index is 612. The van der Waals surface area contributed by atoms with Crippen LogP contribution in [0.2, 0.25) is 0 Å². The molecule has 3 rings (SSSR count). The van der Waals surface area contributed by atoms with Crippen LogP contribution in [0, 0.1) is 6.92 Å². The van der Waals surface area contributed by atoms with Crippen molar-refractivity contribution in [2.24, 2.45) is 0 Å². The van der Waals surface area contributed by atoms with Gasteiger partial charge in [0.05, 0.1) is 0 Å². The molecule has 1 fully saturated rings. The van der Waals surface area contributed by atoms with Gasteiger partial charge in [0, 0.05) is 19.6 Å². The smallest absolute Gasteiger partial charge is 0.0234 e. The monoisotopic (exact) mass is 307 g/mol. The van der Waals surface area contributed by atoms with E-state index in [1.807, 2.05) is 0 Å². The number of hydrogen-bond acceptors (Lipinski definition) is 2. The molecule has 2 nitrogen and oxygen atoms in total. The van der Waals surface area contributed by atoms with E-state index in [1.54, 1.807) is 0 Å². The molecule has 23 heavy (non-hydrogen) atoms. The molecule has 2 heteroatoms. The van der Waals surface area contributed by atoms with E-state index in [9.17, 15) is 0 Å². The van der Waals surface area contributed by atoms with Gasteiger partial charge >= 0.3 is 0 Å². The van der Waals surface area contributed by atoms with Crippen LogP contribution in [-0.2, 0) is 19.6 Å². The summed E-state index contributed by atoms with van der Waals surface area (Å²) in [5.74, 6) is 0. The van der Waals surface area contributed by atoms with Gasteiger partial charge in [0.2, 0.25) is 0 Å². The first-order valence-corrected chi connectivity index (χ1v) is 8.59. The number of benzene rings is 2. The Morgan fingerprint density at radius 1 is 0.913 bits per heavy atom. The molecule has 1 aliphatic rings. The van der Waals surface area contributed by atoms with Gasteiger partial charge in [-0.25, -0.2) is 0 Å². The third-order valence-corrected chi connectivity index (χ3v) is 4.52. The zero-order valence-corrected chi connectivity index (χ0v) is 14.2. The van der Waals surface area contributed by atoms with Crippen LogP contribution in [0.1, 0.15) is 35.1 Å². The average molecular weight is 307 g/mol. The second-order valence-electron chi connectivity index (χ2n) is 6.79. The molecule has 2 aromatic carbocycles. The molecule has 2 aromatic rings. The minimum absolute atomic E-state index is 0.969. The summed E-state index contributed by atoms with van der Waals surface area (Å²) in [6, 6.07) is 17.6. The van der Waals surface area contributed by atoms with Crippen molar-refractivity contribution < 1.29 is 0 Å². The number of nitrogens with zero attached hydrogens (tertiary/aromatic N) is 2. The summed E-state index contributed by atoms with van der Waals surface area (Å²) in [5.41, 5.74) is 5.26. The highest BCUT2D eigenvalue weighted by molar-refractivity contribution is 5.25. The van der Waals surface area contributed by atoms with Crippen LogP contribution in [0.5, 0.6) is 0 Å². The Balaban J connectivity index is 1.57. The fraction of sp³-hybridized carbons (Fsp3) is 0.381. The average Bonchev–Trinajstić information content (AvgIpc) is 3.03. The minimum atomic E-state index is 0.969. The van der Waals surface area contributed by atoms with E-state index in [0.29, 0.717) is 0 Å². The van der Waals surface area contributed by atoms with E-state index < -0.39 is 0 Å². The van der Waals surface area contributed by atoms with Crippen LogP contribution in [-0.4, -0.2) is 29.9 Å². The predicted molar refractivity (Wildman–Crippen MR) is 97.0 cm³/mol. The second-order valence-corrected chi connectivity index (χ2v) is 6.79. The Labute approximate surface area is 140 Å². The lowest BCUT2D eigenvalue weighted by Crippen LogP contribution is -2.19. The van der Waals surface area contributed by atoms with Crippen molar-refractivity contribution in [2.75, 3.05) is 20.1 Å². The highest BCUT2D eigenvalue weighted by atomic mass is 15.1. The lowest BCUT2D eigenvalue weighted by atomic mass is 10.1. The van der Waals surface area contributed by atoms with Gasteiger partial charge in [-0.15, -0.1) is 0 Å². The molecule has 0 spiro atoms. The van der Waals surface area contributed by atoms with Crippen molar-refractivity contribution in [1.82, 2.24) is 9.80 Å². The fourth-order valence-corrected chi connectivity index (χ4v) is 3.35. The predicted octanol–water partition coefficient (Wildman–Crippen LogP) is 4.10. The summed E-state index contributed by atoms with van der Waals surface area (Å²) in [5, 5.41) is 0. The summed E-state index contributed by atoms with van der Waals surface area (Å²) < 4.78 is 0. The van der Waals surface area contributed by atoms with Crippen molar-refractivity contribution in [3.63, 3.8) is 0 Å². The maximum absolute atomic E-state index is 3.94. The van der Waals surface area contributed by atoms with Crippen molar-refractivity contribution >= 4 is 0 Å². The van der Waals surface area contributed by atoms with Gasteiger partial charge in [-0.1, -0.05) is 48.5 Å². The second kappa shape index (κ2) is 7.76. The van der Waals surface area contributed by atoms with Crippen molar-refractivity contribution in [2.45, 2.75) is 32.5 Å². The minimum Gasteiger partial charge on any atom is -0.299 e. The van der Waals surface area contributed by atoms with E-state index >= 15 is 0 Å². The number of rotatable bonds is 6. The number of likely N-dealkylation sites (tertiary alicyclic amines) is 1. The molecule has 0 aromatic heterocycles. The largest absolute Gasteiger partial charge is 0.299 e. The van der Waals surface area contributed by atoms with Gasteiger partial charge in [0.15, 0.2) is 0 Å². The van der Waals surface area contributed by atoms with Crippen LogP contribution >= 0.6 is 0 Å². The molecular formula is C21H27N2. The Morgan fingerprint density at radius 3 is 2.30 bits per heavy atom. The summed E-state index contributed by atoms with van der Waals surface area (Å²) in [6.07, 6.45) is 2.71. The summed E-state index contributed by atoms with van der Waals surface area (Å²) in [4.78, 5) is 4.93. The first-order valence-electron chi connectivity index (χ1n) is 8.59. The molecule has 0 bridgehead atoms. The topological polar surface area (TPSA) is 6.48 Å². The van der Waals surface area contributed by atoms with E-state index in [1.165, 1.54) is 42.6 Å². The summed E-state index contributed by atoms with van der Waals surface area (Å²) >= 11 is 0. The molecule has 0 saturated carbocycles. The van der Waals surface area contributed by atoms with E-state index in [-0.39, 0.29) is 0 Å². The van der Waals surface area contributed by atoms with Crippen LogP contribution < -0.4 is 0 Å². The quantitative estimate of drug-likeness (QED) is 0.793. The highest BCUT2D eigenvalue weighted by Crippen LogP contribution is 2.15. The first-order chi connectivity index (χ1) is 11.2. The molecule has 0 aliphatic carbocycles. The molecule has 1 aliphatic heterocycles. The van der Waals surface area contributed by atoms with Gasteiger partial charge in [-0.05, 0) is 62.2 Å². The lowest BCUT2D eigenvalue weighted by molar-refractivity contribution is 0.317. The molecular weight excluding hydrogens is 280 g/mol. The normalized spacial score (nSPS) is 15.4. The third-order valence-electron chi connectivity index (χ3n) is 4.52. The zero-order chi connectivity index (χ0) is 16.1. The van der Waals surface area contributed by atoms with Gasteiger partial charge in [-0.3, -0.25) is 9.80 Å². The van der Waals surface area contributed by atoms with Crippen molar-refractivity contribution in [3.8, 4) is 0 Å². The van der Waals surface area contributed by atoms with Gasteiger partial charge in [-0.2, -0.15) is 0 Å². The van der Waals surface area contributed by atoms with Gasteiger partial charge in [0.25, 0.3) is 0 Å². The Hall–Kier alpha value is -1.64. The van der Waals surface area contributed by atoms with Crippen molar-refractivity contribution in [1.29, 1.82) is 0 Å². The molecule has 1 heterocycles. The van der Waals surface area contributed by atoms with E-state index in [0.717, 1.165) is 25.2 Å². The standard InChI is InChI=1S/C21H27N2/c1-18-8-10-19(11-9-18)15-22(2)16-20-6-5-7-21(14-20)17-23-12-3-4-13-23/h5-11,14H,1,3-4,12-13,15-17H2,2H3. The summed E-state index contributed by atoms with van der Waals surface area (Å²) in [7, 11) is 2.19. The van der Waals surface area contributed by atoms with Gasteiger partial charge < -0.3 is 0 Å². The molecule has 1 saturated heterocycles. The molecule has 0 unspecified atom stereocenters. The SMILES string of the molecule is [CH2]c1ccc(CN(C)Cc2cccc(CN3CCCC3)c2)cc1. The highest BCUT2D eigenvalue weighted by Gasteiger charge is 2.12. The van der Waals surface area contributed by atoms with E-state index in [2.05, 4.69) is 72.3 Å². The maximum Gasteiger partial charge on any atom is 0.0234 e. The zero-order valence-electron chi connectivity index (χ0n) is 14.2. The summed E-state index contributed by atoms with van der Waals surface area (Å²) in [6.45, 7) is 9.51. The molecule has 121 valence electrons. The van der Waals surface area contributed by atoms with Gasteiger partial charge in [0.1, 0.15) is 0 Å². The molecule has 1 radical (unpaired) electrons. The third kappa shape index (κ3) is 4.92. The number of hydrogen-bond donors (Lipinski definition) is 0. The maximum atomic E-state index is 3.94. The Morgan fingerprint density at radius 2 is 1.57 bits per heavy atom.